The first-order valence-electron chi connectivity index (χ1n) is 5.38. The average Bonchev–Trinajstić information content (AvgIpc) is 2.41. The van der Waals surface area contributed by atoms with Crippen LogP contribution in [0.3, 0.4) is 0 Å². The van der Waals surface area contributed by atoms with Crippen molar-refractivity contribution in [3.05, 3.63) is 82.7 Å². The van der Waals surface area contributed by atoms with Crippen LogP contribution in [0.15, 0.2) is 77.1 Å². The van der Waals surface area contributed by atoms with E-state index in [1.807, 2.05) is 30.3 Å². The number of hydrogen-bond acceptors (Lipinski definition) is 0. The summed E-state index contributed by atoms with van der Waals surface area (Å²) in [6, 6.07) is 20.6. The van der Waals surface area contributed by atoms with E-state index in [9.17, 15) is 0 Å². The molecule has 0 saturated heterocycles. The Balaban J connectivity index is 1.99. The van der Waals surface area contributed by atoms with Gasteiger partial charge in [-0.05, 0) is 0 Å². The summed E-state index contributed by atoms with van der Waals surface area (Å²) in [5.74, 6) is 0. The molecule has 0 aliphatic heterocycles. The van der Waals surface area contributed by atoms with E-state index in [0.29, 0.717) is 15.0 Å². The van der Waals surface area contributed by atoms with Crippen molar-refractivity contribution in [3.8, 4) is 0 Å². The summed E-state index contributed by atoms with van der Waals surface area (Å²) < 4.78 is 1.36. The van der Waals surface area contributed by atoms with Crippen LogP contribution >= 0.6 is 0 Å². The number of hydrogen-bond donors (Lipinski definition) is 0. The van der Waals surface area contributed by atoms with Crippen molar-refractivity contribution in [1.82, 2.24) is 0 Å². The third-order valence-electron chi connectivity index (χ3n) is 2.12. The Labute approximate surface area is 108 Å². The molecule has 2 rings (SSSR count). The number of benzene rings is 2. The van der Waals surface area contributed by atoms with Crippen molar-refractivity contribution in [1.29, 1.82) is 0 Å². The predicted octanol–water partition coefficient (Wildman–Crippen LogP) is 3.00. The van der Waals surface area contributed by atoms with Gasteiger partial charge in [0, 0.05) is 0 Å². The summed E-state index contributed by atoms with van der Waals surface area (Å²) in [4.78, 5) is 2.06. The zero-order valence-electron chi connectivity index (χ0n) is 9.34. The van der Waals surface area contributed by atoms with Crippen LogP contribution in [0.25, 0.3) is 6.08 Å². The van der Waals surface area contributed by atoms with E-state index in [1.165, 1.54) is 4.46 Å². The molecular weight excluding hydrogens is 271 g/mol. The van der Waals surface area contributed by atoms with Gasteiger partial charge in [0.05, 0.1) is 0 Å². The standard InChI is InChI=1S/C16H12Se/c1-3-9-15(10-4-1)11-7-8-14-17-16-12-5-2-6-13-16/h1-6,9-14H. The second-order valence-corrected chi connectivity index (χ2v) is 5.37. The fraction of sp³-hybridized carbons (Fsp3) is 0. The van der Waals surface area contributed by atoms with E-state index in [-0.39, 0.29) is 0 Å². The van der Waals surface area contributed by atoms with E-state index in [2.05, 4.69) is 52.8 Å². The molecule has 2 aromatic rings. The Morgan fingerprint density at radius 1 is 0.765 bits per heavy atom. The second kappa shape index (κ2) is 6.76. The second-order valence-electron chi connectivity index (χ2n) is 3.39. The zero-order valence-corrected chi connectivity index (χ0v) is 11.0. The van der Waals surface area contributed by atoms with Crippen molar-refractivity contribution in [3.63, 3.8) is 0 Å². The Morgan fingerprint density at radius 2 is 1.41 bits per heavy atom. The molecule has 0 aliphatic carbocycles. The SMILES string of the molecule is C(=C=Cc1ccccc1)=C[Se]c1ccccc1. The predicted molar refractivity (Wildman–Crippen MR) is 74.3 cm³/mol. The van der Waals surface area contributed by atoms with Crippen LogP contribution in [0.2, 0.25) is 0 Å². The molecule has 82 valence electrons. The molecule has 0 atom stereocenters. The van der Waals surface area contributed by atoms with Gasteiger partial charge in [-0.1, -0.05) is 0 Å². The fourth-order valence-corrected chi connectivity index (χ4v) is 2.52. The van der Waals surface area contributed by atoms with Crippen molar-refractivity contribution in [2.24, 2.45) is 0 Å². The van der Waals surface area contributed by atoms with Crippen LogP contribution in [0.5, 0.6) is 0 Å². The van der Waals surface area contributed by atoms with Gasteiger partial charge in [0.1, 0.15) is 0 Å². The molecule has 0 nitrogen and oxygen atoms in total. The van der Waals surface area contributed by atoms with Crippen LogP contribution in [0, 0.1) is 0 Å². The summed E-state index contributed by atoms with van der Waals surface area (Å²) >= 11 is 0.346. The van der Waals surface area contributed by atoms with Gasteiger partial charge in [-0.25, -0.2) is 0 Å². The van der Waals surface area contributed by atoms with Crippen molar-refractivity contribution < 1.29 is 0 Å². The molecule has 1 heteroatoms. The molecule has 0 unspecified atom stereocenters. The normalized spacial score (nSPS) is 8.94. The van der Waals surface area contributed by atoms with E-state index < -0.39 is 0 Å². The third kappa shape index (κ3) is 4.33. The third-order valence-corrected chi connectivity index (χ3v) is 3.76. The van der Waals surface area contributed by atoms with Crippen LogP contribution in [-0.2, 0) is 0 Å². The minimum atomic E-state index is 0.346. The fourth-order valence-electron chi connectivity index (χ4n) is 1.30. The molecule has 0 aliphatic rings. The first-order chi connectivity index (χ1) is 8.45. The summed E-state index contributed by atoms with van der Waals surface area (Å²) in [6.45, 7) is 0. The molecule has 0 N–H and O–H groups in total. The van der Waals surface area contributed by atoms with Crippen molar-refractivity contribution >= 4 is 25.5 Å². The first kappa shape index (κ1) is 11.7. The molecule has 0 heterocycles. The van der Waals surface area contributed by atoms with Gasteiger partial charge in [0.15, 0.2) is 0 Å². The van der Waals surface area contributed by atoms with E-state index in [0.717, 1.165) is 5.56 Å². The summed E-state index contributed by atoms with van der Waals surface area (Å²) in [5, 5.41) is 0. The molecule has 17 heavy (non-hydrogen) atoms. The van der Waals surface area contributed by atoms with Gasteiger partial charge in [0.25, 0.3) is 0 Å². The molecule has 0 amide bonds. The van der Waals surface area contributed by atoms with Crippen molar-refractivity contribution in [2.75, 3.05) is 0 Å². The van der Waals surface area contributed by atoms with E-state index >= 15 is 0 Å². The van der Waals surface area contributed by atoms with E-state index in [1.54, 1.807) is 0 Å². The summed E-state index contributed by atoms with van der Waals surface area (Å²) in [6.07, 6.45) is 1.94. The molecule has 0 aromatic heterocycles. The Kier molecular flexibility index (Phi) is 4.67. The van der Waals surface area contributed by atoms with Gasteiger partial charge < -0.3 is 0 Å². The van der Waals surface area contributed by atoms with Crippen LogP contribution < -0.4 is 4.46 Å². The Hall–Kier alpha value is -1.74. The summed E-state index contributed by atoms with van der Waals surface area (Å²) in [5.41, 5.74) is 7.29. The maximum absolute atomic E-state index is 3.08. The Bertz CT molecular complexity index is 543. The van der Waals surface area contributed by atoms with Crippen LogP contribution in [0.4, 0.5) is 0 Å². The molecule has 2 aromatic carbocycles. The van der Waals surface area contributed by atoms with E-state index in [4.69, 9.17) is 0 Å². The van der Waals surface area contributed by atoms with Crippen LogP contribution in [-0.4, -0.2) is 15.0 Å². The summed E-state index contributed by atoms with van der Waals surface area (Å²) in [7, 11) is 0. The quantitative estimate of drug-likeness (QED) is 0.600. The molecule has 0 bridgehead atoms. The minimum absolute atomic E-state index is 0.346. The van der Waals surface area contributed by atoms with Gasteiger partial charge in [-0.2, -0.15) is 0 Å². The zero-order chi connectivity index (χ0) is 11.8. The average molecular weight is 283 g/mol. The van der Waals surface area contributed by atoms with Gasteiger partial charge in [0.2, 0.25) is 0 Å². The topological polar surface area (TPSA) is 0 Å². The molecule has 0 radical (unpaired) electrons. The number of rotatable bonds is 3. The Morgan fingerprint density at radius 3 is 2.12 bits per heavy atom. The molecular formula is C16H12Se. The van der Waals surface area contributed by atoms with Crippen molar-refractivity contribution in [2.45, 2.75) is 0 Å². The molecule has 0 fully saturated rings. The maximum atomic E-state index is 3.08. The molecule has 0 spiro atoms. The van der Waals surface area contributed by atoms with Gasteiger partial charge in [-0.3, -0.25) is 0 Å². The van der Waals surface area contributed by atoms with Gasteiger partial charge >= 0.3 is 108 Å². The monoisotopic (exact) mass is 284 g/mol. The van der Waals surface area contributed by atoms with Gasteiger partial charge in [-0.15, -0.1) is 0 Å². The van der Waals surface area contributed by atoms with Crippen LogP contribution in [0.1, 0.15) is 5.56 Å². The first-order valence-corrected chi connectivity index (χ1v) is 7.22. The molecule has 0 saturated carbocycles.